The molecule has 2 atom stereocenters. The van der Waals surface area contributed by atoms with Crippen LogP contribution < -0.4 is 5.32 Å². The quantitative estimate of drug-likeness (QED) is 0.448. The third-order valence-corrected chi connectivity index (χ3v) is 7.25. The van der Waals surface area contributed by atoms with Crippen LogP contribution in [0.25, 0.3) is 0 Å². The van der Waals surface area contributed by atoms with Crippen LogP contribution in [-0.2, 0) is 0 Å². The highest BCUT2D eigenvalue weighted by molar-refractivity contribution is 6.83. The summed E-state index contributed by atoms with van der Waals surface area (Å²) in [5.74, 6) is 0. The van der Waals surface area contributed by atoms with E-state index in [1.807, 2.05) is 0 Å². The average molecular weight is 229 g/mol. The third-order valence-electron chi connectivity index (χ3n) is 3.57. The molecule has 1 aliphatic carbocycles. The van der Waals surface area contributed by atoms with Crippen molar-refractivity contribution in [2.24, 2.45) is 0 Å². The van der Waals surface area contributed by atoms with Crippen molar-refractivity contribution in [1.82, 2.24) is 5.32 Å². The van der Waals surface area contributed by atoms with E-state index < -0.39 is 14.2 Å². The topological polar surface area (TPSA) is 29.1 Å². The molecule has 0 radical (unpaired) electrons. The van der Waals surface area contributed by atoms with E-state index in [0.717, 1.165) is 19.3 Å². The van der Waals surface area contributed by atoms with Gasteiger partial charge in [-0.3, -0.25) is 0 Å². The summed E-state index contributed by atoms with van der Waals surface area (Å²) in [7, 11) is -1.38. The van der Waals surface area contributed by atoms with Crippen molar-refractivity contribution in [1.29, 1.82) is 0 Å². The minimum Gasteiger partial charge on any atom is -0.325 e. The molecule has 1 fully saturated rings. The highest BCUT2D eigenvalue weighted by atomic mass is 28.3. The van der Waals surface area contributed by atoms with Crippen molar-refractivity contribution < 1.29 is 9.18 Å². The first kappa shape index (κ1) is 12.4. The van der Waals surface area contributed by atoms with Crippen LogP contribution in [0.4, 0.5) is 9.18 Å². The summed E-state index contributed by atoms with van der Waals surface area (Å²) in [6, 6.07) is 0.0352. The lowest BCUT2D eigenvalue weighted by Crippen LogP contribution is -2.41. The lowest BCUT2D eigenvalue weighted by atomic mass is 9.95. The van der Waals surface area contributed by atoms with Crippen LogP contribution in [0.2, 0.25) is 18.6 Å². The van der Waals surface area contributed by atoms with Gasteiger partial charge in [0.05, 0.1) is 8.07 Å². The molecule has 2 nitrogen and oxygen atoms in total. The molecule has 0 saturated heterocycles. The Labute approximate surface area is 92.0 Å². The molecule has 0 aromatic carbocycles. The lowest BCUT2D eigenvalue weighted by molar-refractivity contribution is 0.213. The summed E-state index contributed by atoms with van der Waals surface area (Å²) in [6.07, 6.45) is 2.72. The Morgan fingerprint density at radius 3 is 2.73 bits per heavy atom. The molecule has 0 aliphatic heterocycles. The van der Waals surface area contributed by atoms with Crippen molar-refractivity contribution >= 4 is 14.2 Å². The van der Waals surface area contributed by atoms with Crippen LogP contribution in [0.1, 0.15) is 25.7 Å². The first-order valence-electron chi connectivity index (χ1n) is 5.55. The number of carbonyl (C=O) groups is 1. The second kappa shape index (κ2) is 4.92. The number of hydrogen-bond donors (Lipinski definition) is 1. The minimum absolute atomic E-state index is 0.0352. The van der Waals surface area contributed by atoms with Crippen molar-refractivity contribution in [3.8, 4) is 0 Å². The Morgan fingerprint density at radius 1 is 1.53 bits per heavy atom. The highest BCUT2D eigenvalue weighted by Crippen LogP contribution is 2.37. The van der Waals surface area contributed by atoms with Gasteiger partial charge in [-0.1, -0.05) is 25.9 Å². The molecule has 15 heavy (non-hydrogen) atoms. The maximum atomic E-state index is 12.2. The van der Waals surface area contributed by atoms with Crippen LogP contribution in [0.3, 0.4) is 0 Å². The van der Waals surface area contributed by atoms with Crippen LogP contribution in [0.5, 0.6) is 0 Å². The van der Waals surface area contributed by atoms with Crippen molar-refractivity contribution in [2.45, 2.75) is 50.4 Å². The fourth-order valence-corrected chi connectivity index (χ4v) is 4.50. The molecule has 2 unspecified atom stereocenters. The van der Waals surface area contributed by atoms with Crippen LogP contribution in [0.15, 0.2) is 12.3 Å². The Kier molecular flexibility index (Phi) is 4.08. The SMILES string of the molecule is C=C[Si](C)(C)C1CCCC(NC(=O)F)C1. The van der Waals surface area contributed by atoms with E-state index in [4.69, 9.17) is 0 Å². The van der Waals surface area contributed by atoms with Crippen molar-refractivity contribution in [2.75, 3.05) is 0 Å². The summed E-state index contributed by atoms with van der Waals surface area (Å²) in [5, 5.41) is 2.39. The molecule has 86 valence electrons. The largest absolute Gasteiger partial charge is 0.397 e. The van der Waals surface area contributed by atoms with Crippen molar-refractivity contribution in [3.05, 3.63) is 12.3 Å². The predicted octanol–water partition coefficient (Wildman–Crippen LogP) is 3.41. The molecular formula is C11H20FNOSi. The van der Waals surface area contributed by atoms with E-state index in [0.29, 0.717) is 5.54 Å². The van der Waals surface area contributed by atoms with Crippen LogP contribution in [0, 0.1) is 0 Å². The fraction of sp³-hybridized carbons (Fsp3) is 0.727. The number of halogens is 1. The van der Waals surface area contributed by atoms with Crippen LogP contribution in [-0.4, -0.2) is 20.3 Å². The van der Waals surface area contributed by atoms with E-state index in [9.17, 15) is 9.18 Å². The number of nitrogens with one attached hydrogen (secondary N) is 1. The molecule has 4 heteroatoms. The Morgan fingerprint density at radius 2 is 2.20 bits per heavy atom. The molecule has 0 spiro atoms. The Bertz CT molecular complexity index is 255. The summed E-state index contributed by atoms with van der Waals surface area (Å²) in [5.41, 5.74) is 2.72. The highest BCUT2D eigenvalue weighted by Gasteiger charge is 2.33. The van der Waals surface area contributed by atoms with Gasteiger partial charge in [-0.2, -0.15) is 0 Å². The molecule has 1 aliphatic rings. The summed E-state index contributed by atoms with van der Waals surface area (Å²) >= 11 is 0. The fourth-order valence-electron chi connectivity index (χ4n) is 2.32. The van der Waals surface area contributed by atoms with Gasteiger partial charge in [0.1, 0.15) is 0 Å². The van der Waals surface area contributed by atoms with Gasteiger partial charge in [-0.25, -0.2) is 4.79 Å². The van der Waals surface area contributed by atoms with E-state index in [-0.39, 0.29) is 6.04 Å². The second-order valence-corrected chi connectivity index (χ2v) is 9.87. The van der Waals surface area contributed by atoms with Gasteiger partial charge in [0.25, 0.3) is 0 Å². The van der Waals surface area contributed by atoms with E-state index in [1.165, 1.54) is 6.42 Å². The van der Waals surface area contributed by atoms with E-state index >= 15 is 0 Å². The maximum absolute atomic E-state index is 12.2. The molecule has 1 amide bonds. The van der Waals surface area contributed by atoms with Gasteiger partial charge in [-0.15, -0.1) is 16.7 Å². The number of hydrogen-bond acceptors (Lipinski definition) is 1. The molecule has 1 N–H and O–H groups in total. The third kappa shape index (κ3) is 3.45. The summed E-state index contributed by atoms with van der Waals surface area (Å²) in [4.78, 5) is 10.4. The molecule has 1 rings (SSSR count). The van der Waals surface area contributed by atoms with Gasteiger partial charge in [-0.05, 0) is 18.4 Å². The molecule has 1 saturated carbocycles. The standard InChI is InChI=1S/C11H20FNOSi/c1-4-15(2,3)10-7-5-6-9(8-10)13-11(12)14/h4,9-10H,1,5-8H2,2-3H3,(H,13,14). The summed E-state index contributed by atoms with van der Waals surface area (Å²) < 4.78 is 12.2. The van der Waals surface area contributed by atoms with Gasteiger partial charge in [0, 0.05) is 6.04 Å². The number of carbonyl (C=O) groups excluding carboxylic acids is 1. The van der Waals surface area contributed by atoms with Gasteiger partial charge in [0.2, 0.25) is 0 Å². The zero-order valence-corrected chi connectivity index (χ0v) is 10.6. The zero-order valence-electron chi connectivity index (χ0n) is 9.55. The van der Waals surface area contributed by atoms with Gasteiger partial charge < -0.3 is 5.32 Å². The maximum Gasteiger partial charge on any atom is 0.397 e. The van der Waals surface area contributed by atoms with Crippen molar-refractivity contribution in [3.63, 3.8) is 0 Å². The van der Waals surface area contributed by atoms with Gasteiger partial charge in [0.15, 0.2) is 0 Å². The number of rotatable bonds is 3. The van der Waals surface area contributed by atoms with Crippen LogP contribution >= 0.6 is 0 Å². The molecule has 0 aromatic heterocycles. The number of amides is 1. The minimum atomic E-state index is -1.39. The Balaban J connectivity index is 2.56. The normalized spacial score (nSPS) is 27.1. The molecule has 0 aromatic rings. The Hall–Kier alpha value is -0.643. The second-order valence-electron chi connectivity index (χ2n) is 5.00. The summed E-state index contributed by atoms with van der Waals surface area (Å²) in [6.45, 7) is 8.46. The monoisotopic (exact) mass is 229 g/mol. The van der Waals surface area contributed by atoms with E-state index in [1.54, 1.807) is 0 Å². The predicted molar refractivity (Wildman–Crippen MR) is 63.3 cm³/mol. The zero-order chi connectivity index (χ0) is 11.5. The molecule has 0 heterocycles. The van der Waals surface area contributed by atoms with E-state index in [2.05, 4.69) is 30.7 Å². The first-order valence-corrected chi connectivity index (χ1v) is 8.71. The smallest absolute Gasteiger partial charge is 0.325 e. The molecular weight excluding hydrogens is 209 g/mol. The molecule has 0 bridgehead atoms. The van der Waals surface area contributed by atoms with Gasteiger partial charge >= 0.3 is 6.16 Å². The first-order chi connectivity index (χ1) is 6.95. The lowest BCUT2D eigenvalue weighted by Gasteiger charge is -2.36. The average Bonchev–Trinajstić information content (AvgIpc) is 2.17.